The quantitative estimate of drug-likeness (QED) is 0.407. The third-order valence-electron chi connectivity index (χ3n) is 2.48. The molecule has 1 unspecified atom stereocenters. The molecule has 0 aromatic heterocycles. The van der Waals surface area contributed by atoms with E-state index in [0.717, 1.165) is 6.42 Å². The van der Waals surface area contributed by atoms with Crippen molar-refractivity contribution in [1.29, 1.82) is 0 Å². The number of rotatable bonds is 7. The Hall–Kier alpha value is -0.346. The van der Waals surface area contributed by atoms with Crippen molar-refractivity contribution in [2.24, 2.45) is 5.92 Å². The van der Waals surface area contributed by atoms with E-state index in [1.165, 1.54) is 6.42 Å². The highest BCUT2D eigenvalue weighted by Crippen LogP contribution is 2.09. The molecular formula is C16H32Si2. The fourth-order valence-corrected chi connectivity index (χ4v) is 3.21. The van der Waals surface area contributed by atoms with E-state index in [2.05, 4.69) is 81.9 Å². The van der Waals surface area contributed by atoms with E-state index in [-0.39, 0.29) is 0 Å². The first kappa shape index (κ1) is 17.7. The predicted octanol–water partition coefficient (Wildman–Crippen LogP) is 5.83. The molecular weight excluding hydrogens is 248 g/mol. The van der Waals surface area contributed by atoms with Gasteiger partial charge in [-0.25, -0.2) is 0 Å². The molecule has 0 aromatic rings. The van der Waals surface area contributed by atoms with Gasteiger partial charge >= 0.3 is 0 Å². The molecule has 0 bridgehead atoms. The monoisotopic (exact) mass is 280 g/mol. The maximum Gasteiger partial charge on any atom is 0.0683 e. The van der Waals surface area contributed by atoms with Gasteiger partial charge in [0.25, 0.3) is 0 Å². The fraction of sp³-hybridized carbons (Fsp3) is 0.625. The van der Waals surface area contributed by atoms with Gasteiger partial charge in [0.15, 0.2) is 0 Å². The molecule has 0 heterocycles. The summed E-state index contributed by atoms with van der Waals surface area (Å²) in [6.45, 7) is 16.6. The van der Waals surface area contributed by atoms with Gasteiger partial charge in [-0.2, -0.15) is 0 Å². The highest BCUT2D eigenvalue weighted by molar-refractivity contribution is 6.81. The Morgan fingerprint density at radius 2 is 1.28 bits per heavy atom. The second-order valence-corrected chi connectivity index (χ2v) is 17.5. The average Bonchev–Trinajstić information content (AvgIpc) is 2.13. The van der Waals surface area contributed by atoms with Crippen LogP contribution in [-0.4, -0.2) is 16.1 Å². The van der Waals surface area contributed by atoms with Crippen molar-refractivity contribution in [1.82, 2.24) is 0 Å². The minimum absolute atomic E-state index is 0.665. The van der Waals surface area contributed by atoms with Crippen molar-refractivity contribution in [3.05, 3.63) is 35.7 Å². The van der Waals surface area contributed by atoms with Crippen molar-refractivity contribution >= 4 is 16.1 Å². The zero-order valence-electron chi connectivity index (χ0n) is 13.5. The lowest BCUT2D eigenvalue weighted by Gasteiger charge is -2.09. The van der Waals surface area contributed by atoms with Crippen molar-refractivity contribution in [2.45, 2.75) is 59.0 Å². The van der Waals surface area contributed by atoms with Crippen LogP contribution < -0.4 is 0 Å². The molecule has 0 amide bonds. The first-order valence-electron chi connectivity index (χ1n) is 7.12. The van der Waals surface area contributed by atoms with Crippen LogP contribution in [0.2, 0.25) is 39.3 Å². The van der Waals surface area contributed by atoms with Gasteiger partial charge in [0.2, 0.25) is 0 Å². The topological polar surface area (TPSA) is 0 Å². The smallest absolute Gasteiger partial charge is 0.0683 e. The highest BCUT2D eigenvalue weighted by atomic mass is 28.3. The zero-order chi connectivity index (χ0) is 14.2. The Morgan fingerprint density at radius 3 is 1.78 bits per heavy atom. The molecule has 0 spiro atoms. The van der Waals surface area contributed by atoms with Gasteiger partial charge in [-0.1, -0.05) is 81.9 Å². The largest absolute Gasteiger partial charge is 0.0989 e. The third kappa shape index (κ3) is 13.7. The summed E-state index contributed by atoms with van der Waals surface area (Å²) in [4.78, 5) is 0. The van der Waals surface area contributed by atoms with Crippen molar-refractivity contribution in [2.75, 3.05) is 0 Å². The molecule has 0 fully saturated rings. The molecule has 1 atom stereocenters. The molecule has 104 valence electrons. The number of allylic oxidation sites excluding steroid dienone is 4. The lowest BCUT2D eigenvalue weighted by atomic mass is 10.1. The van der Waals surface area contributed by atoms with Gasteiger partial charge in [0, 0.05) is 0 Å². The van der Waals surface area contributed by atoms with Gasteiger partial charge in [-0.05, 0) is 18.8 Å². The molecule has 2 heteroatoms. The Morgan fingerprint density at radius 1 is 0.778 bits per heavy atom. The number of hydrogen-bond acceptors (Lipinski definition) is 0. The van der Waals surface area contributed by atoms with E-state index < -0.39 is 16.1 Å². The molecule has 0 saturated heterocycles. The summed E-state index contributed by atoms with van der Waals surface area (Å²) in [5.41, 5.74) is 4.87. The van der Waals surface area contributed by atoms with Gasteiger partial charge in [0.05, 0.1) is 16.1 Å². The van der Waals surface area contributed by atoms with E-state index in [1.54, 1.807) is 0 Å². The van der Waals surface area contributed by atoms with Crippen LogP contribution in [0.5, 0.6) is 0 Å². The molecule has 0 nitrogen and oxygen atoms in total. The standard InChI is InChI=1S/C16H32Si2/c1-16(13-11-15-18(5,6)7)12-9-8-10-14-17(2,3)4/h9-12,14-16H,8,13H2,1-7H3/b12-9+,14-10+,15-11+. The fourth-order valence-electron chi connectivity index (χ4n) is 1.53. The highest BCUT2D eigenvalue weighted by Gasteiger charge is 2.07. The summed E-state index contributed by atoms with van der Waals surface area (Å²) < 4.78 is 0. The Kier molecular flexibility index (Phi) is 7.80. The Labute approximate surface area is 117 Å². The van der Waals surface area contributed by atoms with E-state index in [9.17, 15) is 0 Å². The first-order valence-corrected chi connectivity index (χ1v) is 14.3. The van der Waals surface area contributed by atoms with Crippen LogP contribution in [0.25, 0.3) is 0 Å². The lowest BCUT2D eigenvalue weighted by Crippen LogP contribution is -2.15. The van der Waals surface area contributed by atoms with Crippen LogP contribution in [0.1, 0.15) is 19.8 Å². The Balaban J connectivity index is 3.92. The molecule has 0 aliphatic rings. The van der Waals surface area contributed by atoms with Crippen LogP contribution in [0.15, 0.2) is 35.7 Å². The predicted molar refractivity (Wildman–Crippen MR) is 92.5 cm³/mol. The molecule has 0 aliphatic carbocycles. The molecule has 18 heavy (non-hydrogen) atoms. The summed E-state index contributed by atoms with van der Waals surface area (Å²) in [6, 6.07) is 0. The molecule has 0 aromatic carbocycles. The maximum atomic E-state index is 2.45. The van der Waals surface area contributed by atoms with Gasteiger partial charge in [0.1, 0.15) is 0 Å². The lowest BCUT2D eigenvalue weighted by molar-refractivity contribution is 0.742. The first-order chi connectivity index (χ1) is 8.10. The van der Waals surface area contributed by atoms with Crippen molar-refractivity contribution in [3.63, 3.8) is 0 Å². The van der Waals surface area contributed by atoms with E-state index >= 15 is 0 Å². The van der Waals surface area contributed by atoms with E-state index in [1.807, 2.05) is 0 Å². The van der Waals surface area contributed by atoms with Crippen molar-refractivity contribution < 1.29 is 0 Å². The van der Waals surface area contributed by atoms with E-state index in [0.29, 0.717) is 5.92 Å². The van der Waals surface area contributed by atoms with Crippen LogP contribution in [-0.2, 0) is 0 Å². The molecule has 0 saturated carbocycles. The average molecular weight is 281 g/mol. The zero-order valence-corrected chi connectivity index (χ0v) is 15.5. The molecule has 0 aliphatic heterocycles. The van der Waals surface area contributed by atoms with Crippen LogP contribution in [0, 0.1) is 5.92 Å². The number of hydrogen-bond donors (Lipinski definition) is 0. The summed E-state index contributed by atoms with van der Waals surface area (Å²) >= 11 is 0. The second kappa shape index (κ2) is 7.95. The molecule has 0 N–H and O–H groups in total. The normalized spacial score (nSPS) is 16.2. The van der Waals surface area contributed by atoms with Gasteiger partial charge in [-0.15, -0.1) is 0 Å². The van der Waals surface area contributed by atoms with Crippen molar-refractivity contribution in [3.8, 4) is 0 Å². The molecule has 0 rings (SSSR count). The summed E-state index contributed by atoms with van der Waals surface area (Å²) in [6.07, 6.45) is 11.6. The van der Waals surface area contributed by atoms with Crippen LogP contribution >= 0.6 is 0 Å². The minimum atomic E-state index is -1.00. The van der Waals surface area contributed by atoms with Gasteiger partial charge in [-0.3, -0.25) is 0 Å². The summed E-state index contributed by atoms with van der Waals surface area (Å²) in [5, 5.41) is 0. The summed E-state index contributed by atoms with van der Waals surface area (Å²) in [7, 11) is -2.00. The summed E-state index contributed by atoms with van der Waals surface area (Å²) in [5.74, 6) is 0.665. The maximum absolute atomic E-state index is 2.45. The van der Waals surface area contributed by atoms with Gasteiger partial charge < -0.3 is 0 Å². The third-order valence-corrected chi connectivity index (χ3v) is 4.95. The minimum Gasteiger partial charge on any atom is -0.0989 e. The second-order valence-electron chi connectivity index (χ2n) is 7.41. The van der Waals surface area contributed by atoms with Crippen LogP contribution in [0.4, 0.5) is 0 Å². The Bertz CT molecular complexity index is 298. The SMILES string of the molecule is CC(/C=C/C/C=C/[Si](C)(C)C)C/C=C/[Si](C)(C)C. The van der Waals surface area contributed by atoms with Crippen LogP contribution in [0.3, 0.4) is 0 Å². The van der Waals surface area contributed by atoms with E-state index in [4.69, 9.17) is 0 Å². The molecule has 0 radical (unpaired) electrons.